The molecule has 0 aliphatic carbocycles. The molecule has 0 fully saturated rings. The van der Waals surface area contributed by atoms with Crippen molar-refractivity contribution in [2.75, 3.05) is 0 Å². The van der Waals surface area contributed by atoms with Crippen LogP contribution in [0.5, 0.6) is 0 Å². The van der Waals surface area contributed by atoms with Crippen LogP contribution in [0.2, 0.25) is 0 Å². The first-order valence-electron chi connectivity index (χ1n) is 3.74. The molecule has 0 N–H and O–H groups in total. The van der Waals surface area contributed by atoms with Crippen molar-refractivity contribution in [1.82, 2.24) is 5.16 Å². The summed E-state index contributed by atoms with van der Waals surface area (Å²) in [6, 6.07) is 0. The zero-order valence-corrected chi connectivity index (χ0v) is 7.94. The largest absolute Gasteiger partial charge is 0.361 e. The molecule has 0 bridgehead atoms. The minimum Gasteiger partial charge on any atom is -0.361 e. The van der Waals surface area contributed by atoms with Gasteiger partial charge in [-0.25, -0.2) is 0 Å². The Morgan fingerprint density at radius 1 is 1.67 bits per heavy atom. The Morgan fingerprint density at radius 3 is 3.00 bits per heavy atom. The van der Waals surface area contributed by atoms with Crippen LogP contribution in [0.3, 0.4) is 0 Å². The summed E-state index contributed by atoms with van der Waals surface area (Å²) < 4.78 is 5.01. The van der Waals surface area contributed by atoms with E-state index < -0.39 is 0 Å². The van der Waals surface area contributed by atoms with Gasteiger partial charge in [0.25, 0.3) is 0 Å². The van der Waals surface area contributed by atoms with Gasteiger partial charge in [-0.3, -0.25) is 0 Å². The van der Waals surface area contributed by atoms with E-state index >= 15 is 0 Å². The molecule has 64 valence electrons. The molecule has 0 saturated heterocycles. The van der Waals surface area contributed by atoms with Crippen LogP contribution in [-0.2, 0) is 12.2 Å². The highest BCUT2D eigenvalue weighted by molar-refractivity contribution is 8.02. The maximum atomic E-state index is 8.38. The molecular formula is C8H10N2OS. The Hall–Kier alpha value is -0.950. The molecule has 0 aromatic carbocycles. The molecule has 0 amide bonds. The highest BCUT2D eigenvalue weighted by Gasteiger charge is 2.10. The molecule has 0 spiro atoms. The fraction of sp³-hybridized carbons (Fsp3) is 0.500. The monoisotopic (exact) mass is 182 g/mol. The van der Waals surface area contributed by atoms with Gasteiger partial charge in [-0.1, -0.05) is 12.1 Å². The van der Waals surface area contributed by atoms with E-state index in [9.17, 15) is 0 Å². The van der Waals surface area contributed by atoms with Crippen molar-refractivity contribution in [3.05, 3.63) is 17.0 Å². The fourth-order valence-electron chi connectivity index (χ4n) is 1.00. The predicted octanol–water partition coefficient (Wildman–Crippen LogP) is 2.26. The fourth-order valence-corrected chi connectivity index (χ4v) is 1.58. The predicted molar refractivity (Wildman–Crippen MR) is 47.5 cm³/mol. The molecule has 0 unspecified atom stereocenters. The molecule has 1 heterocycles. The second-order valence-electron chi connectivity index (χ2n) is 2.40. The van der Waals surface area contributed by atoms with Crippen LogP contribution in [0.1, 0.15) is 23.9 Å². The van der Waals surface area contributed by atoms with Gasteiger partial charge in [0.15, 0.2) is 0 Å². The SMILES string of the molecule is CCc1noc(C)c1CSC#N. The van der Waals surface area contributed by atoms with Crippen molar-refractivity contribution in [3.8, 4) is 5.40 Å². The van der Waals surface area contributed by atoms with E-state index in [1.54, 1.807) is 0 Å². The Bertz CT molecular complexity index is 300. The van der Waals surface area contributed by atoms with Crippen molar-refractivity contribution >= 4 is 11.8 Å². The minimum absolute atomic E-state index is 0.676. The van der Waals surface area contributed by atoms with E-state index in [0.29, 0.717) is 5.75 Å². The van der Waals surface area contributed by atoms with E-state index in [4.69, 9.17) is 9.78 Å². The van der Waals surface area contributed by atoms with Crippen molar-refractivity contribution in [3.63, 3.8) is 0 Å². The van der Waals surface area contributed by atoms with E-state index in [0.717, 1.165) is 23.4 Å². The minimum atomic E-state index is 0.676. The molecule has 1 aromatic heterocycles. The number of thiocyanates is 1. The second-order valence-corrected chi connectivity index (χ2v) is 3.16. The first-order valence-corrected chi connectivity index (χ1v) is 4.73. The Morgan fingerprint density at radius 2 is 2.42 bits per heavy atom. The van der Waals surface area contributed by atoms with Crippen molar-refractivity contribution in [2.24, 2.45) is 0 Å². The number of hydrogen-bond acceptors (Lipinski definition) is 4. The molecule has 3 nitrogen and oxygen atoms in total. The highest BCUT2D eigenvalue weighted by atomic mass is 32.2. The molecule has 12 heavy (non-hydrogen) atoms. The van der Waals surface area contributed by atoms with Gasteiger partial charge in [0.1, 0.15) is 11.2 Å². The number of rotatable bonds is 3. The van der Waals surface area contributed by atoms with Gasteiger partial charge in [-0.2, -0.15) is 5.26 Å². The lowest BCUT2D eigenvalue weighted by molar-refractivity contribution is 0.390. The summed E-state index contributed by atoms with van der Waals surface area (Å²) in [5, 5.41) is 14.3. The lowest BCUT2D eigenvalue weighted by atomic mass is 10.2. The van der Waals surface area contributed by atoms with Gasteiger partial charge in [0, 0.05) is 11.3 Å². The number of nitriles is 1. The van der Waals surface area contributed by atoms with Crippen molar-refractivity contribution in [2.45, 2.75) is 26.0 Å². The molecular weight excluding hydrogens is 172 g/mol. The molecule has 0 radical (unpaired) electrons. The number of aromatic nitrogens is 1. The zero-order valence-electron chi connectivity index (χ0n) is 7.13. The Balaban J connectivity index is 2.81. The maximum absolute atomic E-state index is 8.38. The normalized spacial score (nSPS) is 9.75. The first kappa shape index (κ1) is 9.14. The number of nitrogens with zero attached hydrogens (tertiary/aromatic N) is 2. The summed E-state index contributed by atoms with van der Waals surface area (Å²) in [6.45, 7) is 3.90. The number of aryl methyl sites for hydroxylation is 2. The smallest absolute Gasteiger partial charge is 0.137 e. The van der Waals surface area contributed by atoms with Crippen LogP contribution in [0.4, 0.5) is 0 Å². The van der Waals surface area contributed by atoms with Gasteiger partial charge < -0.3 is 4.52 Å². The lowest BCUT2D eigenvalue weighted by Gasteiger charge is -1.93. The first-order chi connectivity index (χ1) is 5.79. The summed E-state index contributed by atoms with van der Waals surface area (Å²) in [6.07, 6.45) is 0.860. The molecule has 1 rings (SSSR count). The van der Waals surface area contributed by atoms with Gasteiger partial charge in [-0.15, -0.1) is 0 Å². The van der Waals surface area contributed by atoms with Gasteiger partial charge in [-0.05, 0) is 25.1 Å². The molecule has 4 heteroatoms. The summed E-state index contributed by atoms with van der Waals surface area (Å²) in [5.74, 6) is 1.50. The second kappa shape index (κ2) is 4.17. The van der Waals surface area contributed by atoms with Gasteiger partial charge >= 0.3 is 0 Å². The average Bonchev–Trinajstić information content (AvgIpc) is 2.43. The summed E-state index contributed by atoms with van der Waals surface area (Å²) in [4.78, 5) is 0. The van der Waals surface area contributed by atoms with Crippen molar-refractivity contribution in [1.29, 1.82) is 5.26 Å². The summed E-state index contributed by atoms with van der Waals surface area (Å²) in [5.41, 5.74) is 2.04. The van der Waals surface area contributed by atoms with E-state index in [1.165, 1.54) is 11.8 Å². The average molecular weight is 182 g/mol. The third-order valence-corrected chi connectivity index (χ3v) is 2.24. The summed E-state index contributed by atoms with van der Waals surface area (Å²) >= 11 is 1.22. The number of hydrogen-bond donors (Lipinski definition) is 0. The van der Waals surface area contributed by atoms with Gasteiger partial charge in [0.2, 0.25) is 0 Å². The Kier molecular flexibility index (Phi) is 3.18. The standard InChI is InChI=1S/C8H10N2OS/c1-3-8-7(4-12-5-9)6(2)11-10-8/h3-4H2,1-2H3. The third-order valence-electron chi connectivity index (χ3n) is 1.68. The van der Waals surface area contributed by atoms with Crippen LogP contribution in [0.25, 0.3) is 0 Å². The van der Waals surface area contributed by atoms with Gasteiger partial charge in [0.05, 0.1) is 5.69 Å². The number of thioether (sulfide) groups is 1. The lowest BCUT2D eigenvalue weighted by Crippen LogP contribution is -1.87. The molecule has 0 atom stereocenters. The van der Waals surface area contributed by atoms with E-state index in [2.05, 4.69) is 5.16 Å². The molecule has 0 saturated carbocycles. The van der Waals surface area contributed by atoms with E-state index in [1.807, 2.05) is 19.2 Å². The molecule has 0 aliphatic heterocycles. The Labute approximate surface area is 75.7 Å². The van der Waals surface area contributed by atoms with Crippen LogP contribution in [0, 0.1) is 17.6 Å². The van der Waals surface area contributed by atoms with Crippen LogP contribution in [-0.4, -0.2) is 5.16 Å². The van der Waals surface area contributed by atoms with E-state index in [-0.39, 0.29) is 0 Å². The maximum Gasteiger partial charge on any atom is 0.137 e. The van der Waals surface area contributed by atoms with Crippen LogP contribution < -0.4 is 0 Å². The van der Waals surface area contributed by atoms with Crippen LogP contribution in [0.15, 0.2) is 4.52 Å². The highest BCUT2D eigenvalue weighted by Crippen LogP contribution is 2.19. The van der Waals surface area contributed by atoms with Crippen molar-refractivity contribution < 1.29 is 4.52 Å². The third kappa shape index (κ3) is 1.80. The summed E-state index contributed by atoms with van der Waals surface area (Å²) in [7, 11) is 0. The topological polar surface area (TPSA) is 49.8 Å². The zero-order chi connectivity index (χ0) is 8.97. The van der Waals surface area contributed by atoms with Crippen LogP contribution >= 0.6 is 11.8 Å². The quantitative estimate of drug-likeness (QED) is 0.673. The molecule has 0 aliphatic rings. The molecule has 1 aromatic rings.